The van der Waals surface area contributed by atoms with Gasteiger partial charge in [-0.2, -0.15) is 10.2 Å². The van der Waals surface area contributed by atoms with E-state index in [1.807, 2.05) is 66.7 Å². The van der Waals surface area contributed by atoms with Crippen LogP contribution in [-0.2, 0) is 4.79 Å². The topological polar surface area (TPSA) is 139 Å². The van der Waals surface area contributed by atoms with Gasteiger partial charge in [-0.3, -0.25) is 20.1 Å². The monoisotopic (exact) mass is 506 g/mol. The van der Waals surface area contributed by atoms with Gasteiger partial charge in [0.15, 0.2) is 11.6 Å². The maximum Gasteiger partial charge on any atom is 0.234 e. The molecule has 0 saturated heterocycles. The lowest BCUT2D eigenvalue weighted by Gasteiger charge is -2.15. The Kier molecular flexibility index (Phi) is 9.77. The standard InChI is InChI=1S/C16H19N5OS.C8H7N3S/c1-11(2)10-13(15(22)18-9-8-17)23-16-19-14(20-21-16)12-6-4-3-5-7-12;12-8-9-7(10-11-8)6-4-2-1-3-5-6/h3-7,11,13H,9-10H2,1-2H3,(H,18,22)(H,19,20,21);1-5H,(H2,9,10,11,12). The zero-order chi connectivity index (χ0) is 25.0. The van der Waals surface area contributed by atoms with Gasteiger partial charge in [-0.25, -0.2) is 4.98 Å². The van der Waals surface area contributed by atoms with Gasteiger partial charge in [-0.15, -0.1) is 5.10 Å². The molecule has 1 atom stereocenters. The lowest BCUT2D eigenvalue weighted by molar-refractivity contribution is -0.120. The smallest absolute Gasteiger partial charge is 0.234 e. The molecular weight excluding hydrogens is 480 g/mol. The average Bonchev–Trinajstić information content (AvgIpc) is 3.52. The number of carbonyl (C=O) groups excluding carboxylic acids is 1. The first kappa shape index (κ1) is 25.9. The summed E-state index contributed by atoms with van der Waals surface area (Å²) in [5, 5.41) is 24.1. The number of nitriles is 1. The van der Waals surface area contributed by atoms with E-state index >= 15 is 0 Å². The number of rotatable bonds is 8. The third-order valence-electron chi connectivity index (χ3n) is 4.63. The van der Waals surface area contributed by atoms with E-state index in [2.05, 4.69) is 49.5 Å². The Labute approximate surface area is 212 Å². The first-order chi connectivity index (χ1) is 17.0. The maximum absolute atomic E-state index is 12.2. The van der Waals surface area contributed by atoms with Crippen LogP contribution in [0.15, 0.2) is 65.8 Å². The van der Waals surface area contributed by atoms with Crippen LogP contribution in [0.2, 0.25) is 0 Å². The summed E-state index contributed by atoms with van der Waals surface area (Å²) in [6.07, 6.45) is 0.692. The van der Waals surface area contributed by atoms with Crippen molar-refractivity contribution in [3.8, 4) is 28.8 Å². The highest BCUT2D eigenvalue weighted by atomic mass is 32.2. The summed E-state index contributed by atoms with van der Waals surface area (Å²) in [4.78, 5) is 20.7. The molecule has 0 aliphatic carbocycles. The van der Waals surface area contributed by atoms with Crippen LogP contribution in [-0.4, -0.2) is 48.1 Å². The zero-order valence-electron chi connectivity index (χ0n) is 19.4. The Bertz CT molecular complexity index is 1290. The van der Waals surface area contributed by atoms with Crippen molar-refractivity contribution in [3.05, 3.63) is 65.4 Å². The van der Waals surface area contributed by atoms with Crippen LogP contribution < -0.4 is 5.32 Å². The molecule has 4 aromatic rings. The molecule has 0 bridgehead atoms. The normalized spacial score (nSPS) is 11.3. The van der Waals surface area contributed by atoms with Gasteiger partial charge >= 0.3 is 0 Å². The van der Waals surface area contributed by atoms with E-state index in [1.165, 1.54) is 11.8 Å². The summed E-state index contributed by atoms with van der Waals surface area (Å²) in [5.74, 6) is 1.65. The number of carbonyl (C=O) groups is 1. The number of amides is 1. The van der Waals surface area contributed by atoms with E-state index in [0.29, 0.717) is 28.1 Å². The fourth-order valence-corrected chi connectivity index (χ4v) is 4.34. The highest BCUT2D eigenvalue weighted by Crippen LogP contribution is 2.27. The molecule has 0 aliphatic heterocycles. The molecule has 1 amide bonds. The largest absolute Gasteiger partial charge is 0.342 e. The average molecular weight is 507 g/mol. The summed E-state index contributed by atoms with van der Waals surface area (Å²) < 4.78 is 0.480. The van der Waals surface area contributed by atoms with E-state index < -0.39 is 0 Å². The van der Waals surface area contributed by atoms with Crippen LogP contribution >= 0.6 is 24.0 Å². The molecule has 9 nitrogen and oxygen atoms in total. The molecular formula is C24H26N8OS2. The Hall–Kier alpha value is -3.75. The molecule has 11 heteroatoms. The van der Waals surface area contributed by atoms with Crippen molar-refractivity contribution in [2.75, 3.05) is 6.54 Å². The fourth-order valence-electron chi connectivity index (χ4n) is 3.03. The van der Waals surface area contributed by atoms with Crippen molar-refractivity contribution in [3.63, 3.8) is 0 Å². The van der Waals surface area contributed by atoms with Gasteiger partial charge in [0, 0.05) is 11.1 Å². The number of aromatic amines is 3. The molecule has 2 aromatic heterocycles. The van der Waals surface area contributed by atoms with Crippen LogP contribution in [0.25, 0.3) is 22.8 Å². The van der Waals surface area contributed by atoms with Crippen molar-refractivity contribution >= 4 is 29.9 Å². The molecule has 2 aromatic carbocycles. The van der Waals surface area contributed by atoms with Gasteiger partial charge in [0.25, 0.3) is 0 Å². The third kappa shape index (κ3) is 8.20. The van der Waals surface area contributed by atoms with E-state index in [1.54, 1.807) is 0 Å². The van der Waals surface area contributed by atoms with Crippen molar-refractivity contribution < 1.29 is 4.79 Å². The number of thioether (sulfide) groups is 1. The number of hydrogen-bond donors (Lipinski definition) is 4. The summed E-state index contributed by atoms with van der Waals surface area (Å²) in [7, 11) is 0. The number of H-pyrrole nitrogens is 3. The van der Waals surface area contributed by atoms with Gasteiger partial charge in [0.2, 0.25) is 15.8 Å². The van der Waals surface area contributed by atoms with E-state index in [4.69, 9.17) is 17.5 Å². The predicted octanol–water partition coefficient (Wildman–Crippen LogP) is 4.75. The van der Waals surface area contributed by atoms with Gasteiger partial charge in [-0.05, 0) is 24.6 Å². The molecule has 0 radical (unpaired) electrons. The van der Waals surface area contributed by atoms with Crippen molar-refractivity contribution in [1.82, 2.24) is 35.7 Å². The highest BCUT2D eigenvalue weighted by molar-refractivity contribution is 8.00. The summed E-state index contributed by atoms with van der Waals surface area (Å²) in [5.41, 5.74) is 1.98. The summed E-state index contributed by atoms with van der Waals surface area (Å²) in [6.45, 7) is 4.12. The van der Waals surface area contributed by atoms with E-state index in [9.17, 15) is 4.79 Å². The van der Waals surface area contributed by atoms with Crippen LogP contribution in [0.1, 0.15) is 20.3 Å². The molecule has 0 aliphatic rings. The first-order valence-electron chi connectivity index (χ1n) is 11.0. The molecule has 1 unspecified atom stereocenters. The van der Waals surface area contributed by atoms with Crippen molar-refractivity contribution in [2.45, 2.75) is 30.7 Å². The second-order valence-corrected chi connectivity index (χ2v) is 9.38. The highest BCUT2D eigenvalue weighted by Gasteiger charge is 2.23. The zero-order valence-corrected chi connectivity index (χ0v) is 21.0. The van der Waals surface area contributed by atoms with E-state index in [0.717, 1.165) is 17.0 Å². The van der Waals surface area contributed by atoms with Gasteiger partial charge in [0.1, 0.15) is 6.54 Å². The Morgan fingerprint density at radius 3 is 2.20 bits per heavy atom. The number of benzene rings is 2. The number of aromatic nitrogens is 6. The van der Waals surface area contributed by atoms with Crippen molar-refractivity contribution in [2.24, 2.45) is 5.92 Å². The van der Waals surface area contributed by atoms with Crippen LogP contribution in [0.3, 0.4) is 0 Å². The number of nitrogens with zero attached hydrogens (tertiary/aromatic N) is 4. The molecule has 180 valence electrons. The molecule has 35 heavy (non-hydrogen) atoms. The minimum Gasteiger partial charge on any atom is -0.342 e. The quantitative estimate of drug-likeness (QED) is 0.154. The van der Waals surface area contributed by atoms with Gasteiger partial charge < -0.3 is 5.32 Å². The van der Waals surface area contributed by atoms with Gasteiger partial charge in [0.05, 0.1) is 11.3 Å². The molecule has 0 saturated carbocycles. The van der Waals surface area contributed by atoms with Crippen LogP contribution in [0.4, 0.5) is 0 Å². The molecule has 4 N–H and O–H groups in total. The number of hydrogen-bond acceptors (Lipinski definition) is 7. The molecule has 4 rings (SSSR count). The maximum atomic E-state index is 12.2. The van der Waals surface area contributed by atoms with Crippen LogP contribution in [0, 0.1) is 22.0 Å². The second-order valence-electron chi connectivity index (χ2n) is 7.83. The molecule has 0 fully saturated rings. The Morgan fingerprint density at radius 2 is 1.66 bits per heavy atom. The third-order valence-corrected chi connectivity index (χ3v) is 5.91. The summed E-state index contributed by atoms with van der Waals surface area (Å²) in [6, 6.07) is 21.4. The summed E-state index contributed by atoms with van der Waals surface area (Å²) >= 11 is 6.15. The van der Waals surface area contributed by atoms with Crippen molar-refractivity contribution in [1.29, 1.82) is 5.26 Å². The fraction of sp³-hybridized carbons (Fsp3) is 0.250. The lowest BCUT2D eigenvalue weighted by atomic mass is 10.1. The molecule has 0 spiro atoms. The predicted molar refractivity (Wildman–Crippen MR) is 139 cm³/mol. The minimum atomic E-state index is -0.317. The van der Waals surface area contributed by atoms with Gasteiger partial charge in [-0.1, -0.05) is 86.3 Å². The lowest BCUT2D eigenvalue weighted by Crippen LogP contribution is -2.33. The second kappa shape index (κ2) is 13.2. The first-order valence-corrected chi connectivity index (χ1v) is 12.2. The van der Waals surface area contributed by atoms with E-state index in [-0.39, 0.29) is 17.7 Å². The molecule has 2 heterocycles. The SMILES string of the molecule is CC(C)CC(Sc1n[nH]c(-c2ccccc2)n1)C(=O)NCC#N.S=c1nc(-c2ccccc2)[nH][nH]1. The van der Waals surface area contributed by atoms with Crippen LogP contribution in [0.5, 0.6) is 0 Å². The minimum absolute atomic E-state index is 0.0112. The Balaban J connectivity index is 0.000000237. The Morgan fingerprint density at radius 1 is 1.03 bits per heavy atom. The number of nitrogens with one attached hydrogen (secondary N) is 4.